The molecule has 0 fully saturated rings. The number of carbonyl (C=O) groups excluding carboxylic acids is 2. The van der Waals surface area contributed by atoms with Gasteiger partial charge in [-0.3, -0.25) is 14.9 Å². The first-order valence-corrected chi connectivity index (χ1v) is 11.8. The first kappa shape index (κ1) is 31.4. The second-order valence-electron chi connectivity index (χ2n) is 8.53. The quantitative estimate of drug-likeness (QED) is 0.0798. The van der Waals surface area contributed by atoms with Crippen LogP contribution in [-0.2, 0) is 33.4 Å². The number of carbonyl (C=O) groups is 3. The number of hydrogen-bond donors (Lipinski definition) is 2. The molecule has 37 heavy (non-hydrogen) atoms. The number of nitrogens with zero attached hydrogens (tertiary/aromatic N) is 2. The number of carboxylic acids is 1. The lowest BCUT2D eigenvalue weighted by Crippen LogP contribution is -2.54. The number of carboxylic acid groups (broad SMARTS) is 1. The molecule has 0 saturated carbocycles. The van der Waals surface area contributed by atoms with Crippen LogP contribution in [0.5, 0.6) is 0 Å². The van der Waals surface area contributed by atoms with Crippen LogP contribution in [0.4, 0.5) is 0 Å². The van der Waals surface area contributed by atoms with Gasteiger partial charge in [0.15, 0.2) is 11.5 Å². The second-order valence-corrected chi connectivity index (χ2v) is 8.53. The van der Waals surface area contributed by atoms with Crippen LogP contribution in [0.25, 0.3) is 0 Å². The van der Waals surface area contributed by atoms with E-state index in [0.29, 0.717) is 30.8 Å². The molecule has 1 amide bonds. The third kappa shape index (κ3) is 10.1. The zero-order chi connectivity index (χ0) is 28.1. The van der Waals surface area contributed by atoms with Crippen LogP contribution in [0.15, 0.2) is 35.3 Å². The fraction of sp³-hybridized carbons (Fsp3) is 0.625. The van der Waals surface area contributed by atoms with E-state index in [1.165, 1.54) is 33.0 Å². The number of ether oxygens (including phenoxy) is 3. The molecule has 3 atom stereocenters. The van der Waals surface area contributed by atoms with E-state index in [2.05, 4.69) is 16.7 Å². The summed E-state index contributed by atoms with van der Waals surface area (Å²) in [6.45, 7) is 8.65. The summed E-state index contributed by atoms with van der Waals surface area (Å²) in [6, 6.07) is -2.80. The van der Waals surface area contributed by atoms with Gasteiger partial charge in [0.2, 0.25) is 5.91 Å². The Morgan fingerprint density at radius 3 is 2.43 bits per heavy atom. The van der Waals surface area contributed by atoms with Crippen molar-refractivity contribution in [2.75, 3.05) is 34.0 Å². The molecule has 13 nitrogen and oxygen atoms in total. The number of rotatable bonds is 15. The molecule has 1 heterocycles. The molecule has 0 bridgehead atoms. The third-order valence-corrected chi connectivity index (χ3v) is 5.87. The maximum absolute atomic E-state index is 13.3. The van der Waals surface area contributed by atoms with Crippen LogP contribution in [0.3, 0.4) is 0 Å². The molecule has 0 aliphatic carbocycles. The minimum absolute atomic E-state index is 0.000697. The van der Waals surface area contributed by atoms with E-state index in [1.54, 1.807) is 6.08 Å². The summed E-state index contributed by atoms with van der Waals surface area (Å²) >= 11 is 0. The molecule has 208 valence electrons. The minimum Gasteiger partial charge on any atom is -0.494 e. The molecule has 1 aliphatic heterocycles. The zero-order valence-corrected chi connectivity index (χ0v) is 22.0. The van der Waals surface area contributed by atoms with Gasteiger partial charge in [0.25, 0.3) is 5.09 Å². The van der Waals surface area contributed by atoms with Crippen LogP contribution in [-0.4, -0.2) is 85.0 Å². The Morgan fingerprint density at radius 2 is 1.86 bits per heavy atom. The monoisotopic (exact) mass is 527 g/mol. The highest BCUT2D eigenvalue weighted by molar-refractivity contribution is 5.88. The summed E-state index contributed by atoms with van der Waals surface area (Å²) in [5.41, 5.74) is 1.66. The topological polar surface area (TPSA) is 167 Å². The summed E-state index contributed by atoms with van der Waals surface area (Å²) in [6.07, 6.45) is 2.98. The average molecular weight is 528 g/mol. The maximum Gasteiger partial charge on any atom is 0.329 e. The Bertz CT molecular complexity index is 914. The molecular formula is C24H37N3O10. The molecule has 0 aromatic heterocycles. The fourth-order valence-corrected chi connectivity index (χ4v) is 3.70. The van der Waals surface area contributed by atoms with Crippen molar-refractivity contribution < 1.29 is 43.6 Å². The number of aliphatic carboxylic acids is 1. The van der Waals surface area contributed by atoms with Crippen LogP contribution in [0.2, 0.25) is 0 Å². The number of methoxy groups -OCH3 is 2. The average Bonchev–Trinajstić information content (AvgIpc) is 3.01. The Morgan fingerprint density at radius 1 is 1.22 bits per heavy atom. The minimum atomic E-state index is -1.11. The first-order valence-electron chi connectivity index (χ1n) is 11.8. The molecule has 1 aliphatic rings. The van der Waals surface area contributed by atoms with Crippen molar-refractivity contribution in [2.45, 2.75) is 64.6 Å². The number of hydrogen-bond acceptors (Lipinski definition) is 10. The van der Waals surface area contributed by atoms with E-state index in [0.717, 1.165) is 11.1 Å². The normalized spacial score (nSPS) is 17.8. The Hall–Kier alpha value is -3.61. The number of esters is 1. The summed E-state index contributed by atoms with van der Waals surface area (Å²) < 4.78 is 15.9. The van der Waals surface area contributed by atoms with E-state index < -0.39 is 41.1 Å². The van der Waals surface area contributed by atoms with E-state index in [4.69, 9.17) is 14.2 Å². The molecule has 2 N–H and O–H groups in total. The Balaban J connectivity index is 3.13. The summed E-state index contributed by atoms with van der Waals surface area (Å²) in [4.78, 5) is 53.5. The lowest BCUT2D eigenvalue weighted by Gasteiger charge is -2.31. The first-order chi connectivity index (χ1) is 17.4. The molecule has 0 aromatic rings. The Kier molecular flexibility index (Phi) is 13.2. The van der Waals surface area contributed by atoms with E-state index >= 15 is 0 Å². The highest BCUT2D eigenvalue weighted by Crippen LogP contribution is 2.27. The van der Waals surface area contributed by atoms with Crippen molar-refractivity contribution in [2.24, 2.45) is 0 Å². The molecule has 0 spiro atoms. The number of unbranched alkanes of at least 4 members (excludes halogenated alkanes) is 1. The van der Waals surface area contributed by atoms with Gasteiger partial charge in [0, 0.05) is 6.54 Å². The van der Waals surface area contributed by atoms with Crippen molar-refractivity contribution in [3.63, 3.8) is 0 Å². The third-order valence-electron chi connectivity index (χ3n) is 5.87. The second kappa shape index (κ2) is 15.5. The van der Waals surface area contributed by atoms with Crippen LogP contribution in [0, 0.1) is 10.1 Å². The van der Waals surface area contributed by atoms with Crippen molar-refractivity contribution in [3.8, 4) is 0 Å². The molecule has 13 heteroatoms. The predicted molar refractivity (Wildman–Crippen MR) is 132 cm³/mol. The van der Waals surface area contributed by atoms with Gasteiger partial charge in [-0.15, -0.1) is 10.1 Å². The molecule has 3 unspecified atom stereocenters. The van der Waals surface area contributed by atoms with Gasteiger partial charge in [0.05, 0.1) is 33.5 Å². The van der Waals surface area contributed by atoms with Crippen LogP contribution in [0.1, 0.15) is 46.5 Å². The van der Waals surface area contributed by atoms with E-state index in [1.807, 2.05) is 6.92 Å². The predicted octanol–water partition coefficient (Wildman–Crippen LogP) is 1.97. The van der Waals surface area contributed by atoms with Crippen molar-refractivity contribution >= 4 is 17.8 Å². The summed E-state index contributed by atoms with van der Waals surface area (Å²) in [5.74, 6) is -1.46. The van der Waals surface area contributed by atoms with Crippen molar-refractivity contribution in [3.05, 3.63) is 45.4 Å². The molecule has 0 saturated heterocycles. The van der Waals surface area contributed by atoms with Crippen LogP contribution >= 0.6 is 0 Å². The van der Waals surface area contributed by atoms with E-state index in [9.17, 15) is 29.6 Å². The van der Waals surface area contributed by atoms with Crippen molar-refractivity contribution in [1.29, 1.82) is 0 Å². The summed E-state index contributed by atoms with van der Waals surface area (Å²) in [5, 5.41) is 21.3. The standard InChI is InChI=1S/C24H37N3O10/c1-15-13-20(24(31)36-11-7-8-12-37-27(32)33)26(22(28)16(2)25-17(3)23(29)30)10-9-19(15)14-21(35-6)18(4)34-5/h14,16-17,20,25H,4,7-13H2,1-3,5-6H3,(H,29,30)/b21-14+. The number of nitrogens with one attached hydrogen (secondary N) is 1. The largest absolute Gasteiger partial charge is 0.494 e. The molecule has 0 radical (unpaired) electrons. The smallest absolute Gasteiger partial charge is 0.329 e. The highest BCUT2D eigenvalue weighted by Gasteiger charge is 2.36. The Labute approximate surface area is 216 Å². The van der Waals surface area contributed by atoms with Crippen LogP contribution < -0.4 is 5.32 Å². The maximum atomic E-state index is 13.3. The van der Waals surface area contributed by atoms with Gasteiger partial charge >= 0.3 is 11.9 Å². The summed E-state index contributed by atoms with van der Waals surface area (Å²) in [7, 11) is 2.94. The van der Waals surface area contributed by atoms with Gasteiger partial charge < -0.3 is 29.1 Å². The SMILES string of the molecule is C=C(OC)/C(=C\C1=C(C)CC(C(=O)OCCCCO[N+](=O)[O-])N(C(=O)C(C)NC(C)C(=O)O)CC1)OC. The van der Waals surface area contributed by atoms with Gasteiger partial charge in [-0.2, -0.15) is 0 Å². The van der Waals surface area contributed by atoms with E-state index in [-0.39, 0.29) is 26.2 Å². The number of amides is 1. The van der Waals surface area contributed by atoms with Crippen molar-refractivity contribution in [1.82, 2.24) is 10.2 Å². The molecular weight excluding hydrogens is 490 g/mol. The number of allylic oxidation sites excluding steroid dienone is 1. The molecule has 0 aromatic carbocycles. The zero-order valence-electron chi connectivity index (χ0n) is 22.0. The highest BCUT2D eigenvalue weighted by atomic mass is 16.9. The fourth-order valence-electron chi connectivity index (χ4n) is 3.70. The van der Waals surface area contributed by atoms with Gasteiger partial charge in [0.1, 0.15) is 12.1 Å². The molecule has 1 rings (SSSR count). The lowest BCUT2D eigenvalue weighted by atomic mass is 10.0. The van der Waals surface area contributed by atoms with Gasteiger partial charge in [-0.25, -0.2) is 4.79 Å². The lowest BCUT2D eigenvalue weighted by molar-refractivity contribution is -0.757. The van der Waals surface area contributed by atoms with Gasteiger partial charge in [-0.05, 0) is 58.1 Å². The van der Waals surface area contributed by atoms with Gasteiger partial charge in [-0.1, -0.05) is 12.2 Å².